The quantitative estimate of drug-likeness (QED) is 0.858. The maximum atomic E-state index is 12.2. The second-order valence-corrected chi connectivity index (χ2v) is 4.56. The molecule has 1 heterocycles. The summed E-state index contributed by atoms with van der Waals surface area (Å²) in [6.07, 6.45) is 3.52. The highest BCUT2D eigenvalue weighted by molar-refractivity contribution is 6.33. The molecule has 98 valence electrons. The third kappa shape index (κ3) is 3.32. The number of aryl methyl sites for hydroxylation is 1. The molecular formula is C15H15ClN2O. The lowest BCUT2D eigenvalue weighted by Crippen LogP contribution is -2.14. The van der Waals surface area contributed by atoms with E-state index in [-0.39, 0.29) is 11.1 Å². The predicted octanol–water partition coefficient (Wildman–Crippen LogP) is 3.94. The van der Waals surface area contributed by atoms with E-state index in [9.17, 15) is 4.79 Å². The maximum Gasteiger partial charge on any atom is 0.258 e. The summed E-state index contributed by atoms with van der Waals surface area (Å²) < 4.78 is 0. The number of halogens is 1. The van der Waals surface area contributed by atoms with Crippen LogP contribution < -0.4 is 5.32 Å². The average Bonchev–Trinajstić information content (AvgIpc) is 2.41. The van der Waals surface area contributed by atoms with Crippen LogP contribution in [0.3, 0.4) is 0 Å². The number of para-hydroxylation sites is 1. The van der Waals surface area contributed by atoms with E-state index in [4.69, 9.17) is 11.6 Å². The SMILES string of the molecule is CCCc1ccccc1NC(=O)c1cccnc1Cl. The highest BCUT2D eigenvalue weighted by Crippen LogP contribution is 2.19. The van der Waals surface area contributed by atoms with Gasteiger partial charge in [0.05, 0.1) is 5.56 Å². The molecule has 1 N–H and O–H groups in total. The van der Waals surface area contributed by atoms with Crippen molar-refractivity contribution < 1.29 is 4.79 Å². The van der Waals surface area contributed by atoms with Gasteiger partial charge in [-0.1, -0.05) is 43.1 Å². The van der Waals surface area contributed by atoms with Crippen molar-refractivity contribution >= 4 is 23.2 Å². The largest absolute Gasteiger partial charge is 0.322 e. The monoisotopic (exact) mass is 274 g/mol. The number of nitrogens with zero attached hydrogens (tertiary/aromatic N) is 1. The Morgan fingerprint density at radius 1 is 1.26 bits per heavy atom. The molecule has 0 radical (unpaired) electrons. The molecule has 1 aromatic carbocycles. The molecule has 0 unspecified atom stereocenters. The number of pyridine rings is 1. The van der Waals surface area contributed by atoms with E-state index in [1.165, 1.54) is 0 Å². The summed E-state index contributed by atoms with van der Waals surface area (Å²) in [4.78, 5) is 16.1. The fourth-order valence-corrected chi connectivity index (χ4v) is 2.08. The van der Waals surface area contributed by atoms with E-state index in [0.29, 0.717) is 5.56 Å². The summed E-state index contributed by atoms with van der Waals surface area (Å²) in [7, 11) is 0. The summed E-state index contributed by atoms with van der Waals surface area (Å²) in [5, 5.41) is 3.10. The number of aromatic nitrogens is 1. The van der Waals surface area contributed by atoms with Crippen molar-refractivity contribution in [2.75, 3.05) is 5.32 Å². The number of rotatable bonds is 4. The normalized spacial score (nSPS) is 10.2. The number of carbonyl (C=O) groups excluding carboxylic acids is 1. The zero-order valence-corrected chi connectivity index (χ0v) is 11.4. The lowest BCUT2D eigenvalue weighted by Gasteiger charge is -2.10. The van der Waals surface area contributed by atoms with Crippen LogP contribution in [0.4, 0.5) is 5.69 Å². The fourth-order valence-electron chi connectivity index (χ4n) is 1.87. The molecule has 0 saturated carbocycles. The van der Waals surface area contributed by atoms with Gasteiger partial charge in [-0.2, -0.15) is 0 Å². The number of hydrogen-bond acceptors (Lipinski definition) is 2. The van der Waals surface area contributed by atoms with Crippen molar-refractivity contribution in [3.63, 3.8) is 0 Å². The summed E-state index contributed by atoms with van der Waals surface area (Å²) in [5.74, 6) is -0.235. The Morgan fingerprint density at radius 2 is 2.05 bits per heavy atom. The Kier molecular flexibility index (Phi) is 4.53. The van der Waals surface area contributed by atoms with E-state index in [1.54, 1.807) is 18.3 Å². The lowest BCUT2D eigenvalue weighted by atomic mass is 10.1. The van der Waals surface area contributed by atoms with Gasteiger partial charge in [-0.3, -0.25) is 4.79 Å². The van der Waals surface area contributed by atoms with Gasteiger partial charge < -0.3 is 5.32 Å². The minimum absolute atomic E-state index is 0.216. The molecule has 3 nitrogen and oxygen atoms in total. The van der Waals surface area contributed by atoms with Gasteiger partial charge in [-0.25, -0.2) is 4.98 Å². The Morgan fingerprint density at radius 3 is 2.79 bits per heavy atom. The van der Waals surface area contributed by atoms with E-state index < -0.39 is 0 Å². The summed E-state index contributed by atoms with van der Waals surface area (Å²) in [6, 6.07) is 11.1. The van der Waals surface area contributed by atoms with Gasteiger partial charge >= 0.3 is 0 Å². The van der Waals surface area contributed by atoms with Gasteiger partial charge in [-0.15, -0.1) is 0 Å². The van der Waals surface area contributed by atoms with E-state index in [1.807, 2.05) is 24.3 Å². The second kappa shape index (κ2) is 6.34. The van der Waals surface area contributed by atoms with Crippen molar-refractivity contribution in [2.45, 2.75) is 19.8 Å². The first-order valence-corrected chi connectivity index (χ1v) is 6.60. The Balaban J connectivity index is 2.22. The van der Waals surface area contributed by atoms with Crippen LogP contribution in [0.2, 0.25) is 5.15 Å². The number of anilines is 1. The number of amides is 1. The lowest BCUT2D eigenvalue weighted by molar-refractivity contribution is 0.102. The first-order chi connectivity index (χ1) is 9.22. The number of hydrogen-bond donors (Lipinski definition) is 1. The third-order valence-corrected chi connectivity index (χ3v) is 3.09. The van der Waals surface area contributed by atoms with E-state index in [2.05, 4.69) is 17.2 Å². The molecule has 0 atom stereocenters. The smallest absolute Gasteiger partial charge is 0.258 e. The van der Waals surface area contributed by atoms with Crippen LogP contribution in [0.5, 0.6) is 0 Å². The molecule has 0 aliphatic heterocycles. The summed E-state index contributed by atoms with van der Waals surface area (Å²) in [6.45, 7) is 2.11. The summed E-state index contributed by atoms with van der Waals surface area (Å²) >= 11 is 5.91. The molecule has 1 amide bonds. The first-order valence-electron chi connectivity index (χ1n) is 6.22. The second-order valence-electron chi connectivity index (χ2n) is 4.20. The molecule has 19 heavy (non-hydrogen) atoms. The topological polar surface area (TPSA) is 42.0 Å². The highest BCUT2D eigenvalue weighted by Gasteiger charge is 2.12. The van der Waals surface area contributed by atoms with Crippen LogP contribution >= 0.6 is 11.6 Å². The van der Waals surface area contributed by atoms with Crippen molar-refractivity contribution in [3.05, 3.63) is 58.9 Å². The Labute approximate surface area is 117 Å². The molecule has 2 rings (SSSR count). The van der Waals surface area contributed by atoms with Crippen LogP contribution in [0.25, 0.3) is 0 Å². The Bertz CT molecular complexity index is 584. The fraction of sp³-hybridized carbons (Fsp3) is 0.200. The van der Waals surface area contributed by atoms with Crippen molar-refractivity contribution in [1.29, 1.82) is 0 Å². The maximum absolute atomic E-state index is 12.2. The Hall–Kier alpha value is -1.87. The molecule has 0 bridgehead atoms. The van der Waals surface area contributed by atoms with Crippen LogP contribution in [0, 0.1) is 0 Å². The van der Waals surface area contributed by atoms with Crippen LogP contribution in [0.15, 0.2) is 42.6 Å². The number of carbonyl (C=O) groups is 1. The van der Waals surface area contributed by atoms with Crippen LogP contribution in [-0.4, -0.2) is 10.9 Å². The van der Waals surface area contributed by atoms with Crippen molar-refractivity contribution in [3.8, 4) is 0 Å². The molecular weight excluding hydrogens is 260 g/mol. The van der Waals surface area contributed by atoms with E-state index in [0.717, 1.165) is 24.1 Å². The van der Waals surface area contributed by atoms with Crippen LogP contribution in [0.1, 0.15) is 29.3 Å². The van der Waals surface area contributed by atoms with Gasteiger partial charge in [0.25, 0.3) is 5.91 Å². The van der Waals surface area contributed by atoms with Gasteiger partial charge in [-0.05, 0) is 30.2 Å². The van der Waals surface area contributed by atoms with Crippen molar-refractivity contribution in [1.82, 2.24) is 4.98 Å². The average molecular weight is 275 g/mol. The number of nitrogens with one attached hydrogen (secondary N) is 1. The molecule has 2 aromatic rings. The zero-order valence-electron chi connectivity index (χ0n) is 10.7. The highest BCUT2D eigenvalue weighted by atomic mass is 35.5. The first kappa shape index (κ1) is 13.6. The van der Waals surface area contributed by atoms with E-state index >= 15 is 0 Å². The molecule has 0 fully saturated rings. The molecule has 4 heteroatoms. The van der Waals surface area contributed by atoms with Gasteiger partial charge in [0.1, 0.15) is 5.15 Å². The van der Waals surface area contributed by atoms with Gasteiger partial charge in [0.15, 0.2) is 0 Å². The predicted molar refractivity (Wildman–Crippen MR) is 77.6 cm³/mol. The molecule has 0 aliphatic rings. The standard InChI is InChI=1S/C15H15ClN2O/c1-2-6-11-7-3-4-9-13(11)18-15(19)12-8-5-10-17-14(12)16/h3-5,7-10H,2,6H2,1H3,(H,18,19). The van der Waals surface area contributed by atoms with Gasteiger partial charge in [0, 0.05) is 11.9 Å². The van der Waals surface area contributed by atoms with Crippen molar-refractivity contribution in [2.24, 2.45) is 0 Å². The molecule has 0 spiro atoms. The molecule has 1 aromatic heterocycles. The molecule has 0 aliphatic carbocycles. The van der Waals surface area contributed by atoms with Gasteiger partial charge in [0.2, 0.25) is 0 Å². The third-order valence-electron chi connectivity index (χ3n) is 2.79. The zero-order chi connectivity index (χ0) is 13.7. The minimum Gasteiger partial charge on any atom is -0.322 e. The minimum atomic E-state index is -0.235. The summed E-state index contributed by atoms with van der Waals surface area (Å²) in [5.41, 5.74) is 2.34. The van der Waals surface area contributed by atoms with Crippen LogP contribution in [-0.2, 0) is 6.42 Å². The molecule has 0 saturated heterocycles. The number of benzene rings is 1.